The zero-order valence-corrected chi connectivity index (χ0v) is 14.7. The van der Waals surface area contributed by atoms with E-state index in [0.717, 1.165) is 24.2 Å². The van der Waals surface area contributed by atoms with Crippen molar-refractivity contribution in [3.63, 3.8) is 0 Å². The second-order valence-corrected chi connectivity index (χ2v) is 7.12. The molecule has 1 aromatic heterocycles. The molecule has 4 heteroatoms. The van der Waals surface area contributed by atoms with E-state index in [1.54, 1.807) is 11.3 Å². The summed E-state index contributed by atoms with van der Waals surface area (Å²) in [5.74, 6) is 0.0296. The summed E-state index contributed by atoms with van der Waals surface area (Å²) in [7, 11) is 0. The highest BCUT2D eigenvalue weighted by atomic mass is 32.1. The van der Waals surface area contributed by atoms with Crippen molar-refractivity contribution in [2.24, 2.45) is 0 Å². The number of nitrogens with zero attached hydrogens (tertiary/aromatic N) is 1. The van der Waals surface area contributed by atoms with E-state index in [1.807, 2.05) is 19.1 Å². The van der Waals surface area contributed by atoms with Crippen LogP contribution < -0.4 is 5.32 Å². The Labute approximate surface area is 142 Å². The number of likely N-dealkylation sites (tertiary alicyclic amines) is 1. The maximum atomic E-state index is 12.5. The van der Waals surface area contributed by atoms with Gasteiger partial charge in [-0.05, 0) is 73.8 Å². The Hall–Kier alpha value is -1.65. The normalized spacial score (nSPS) is 16.4. The van der Waals surface area contributed by atoms with Gasteiger partial charge >= 0.3 is 0 Å². The molecule has 23 heavy (non-hydrogen) atoms. The molecule has 0 radical (unpaired) electrons. The van der Waals surface area contributed by atoms with Gasteiger partial charge in [0.05, 0.1) is 6.04 Å². The molecule has 1 aliphatic heterocycles. The molecule has 3 nitrogen and oxygen atoms in total. The third-order valence-corrected chi connectivity index (χ3v) is 5.29. The van der Waals surface area contributed by atoms with Gasteiger partial charge in [-0.1, -0.05) is 17.7 Å². The fourth-order valence-corrected chi connectivity index (χ4v) is 4.04. The van der Waals surface area contributed by atoms with Gasteiger partial charge in [-0.2, -0.15) is 11.3 Å². The van der Waals surface area contributed by atoms with Crippen molar-refractivity contribution in [1.82, 2.24) is 10.2 Å². The van der Waals surface area contributed by atoms with Gasteiger partial charge in [-0.15, -0.1) is 0 Å². The molecule has 1 amide bonds. The summed E-state index contributed by atoms with van der Waals surface area (Å²) in [4.78, 5) is 15.0. The van der Waals surface area contributed by atoms with E-state index >= 15 is 0 Å². The van der Waals surface area contributed by atoms with E-state index in [0.29, 0.717) is 12.6 Å². The number of thiophene rings is 1. The molecule has 1 aliphatic rings. The number of carbonyl (C=O) groups is 1. The first-order valence-corrected chi connectivity index (χ1v) is 9.21. The minimum atomic E-state index is 0.0296. The molecule has 2 aromatic rings. The second kappa shape index (κ2) is 7.28. The third-order valence-electron chi connectivity index (χ3n) is 4.59. The molecule has 122 valence electrons. The summed E-state index contributed by atoms with van der Waals surface area (Å²) >= 11 is 1.72. The second-order valence-electron chi connectivity index (χ2n) is 6.34. The van der Waals surface area contributed by atoms with E-state index in [2.05, 4.69) is 40.0 Å². The monoisotopic (exact) mass is 328 g/mol. The van der Waals surface area contributed by atoms with Gasteiger partial charge in [0.15, 0.2) is 0 Å². The molecule has 0 bridgehead atoms. The largest absolute Gasteiger partial charge is 0.350 e. The first-order chi connectivity index (χ1) is 11.1. The van der Waals surface area contributed by atoms with E-state index < -0.39 is 0 Å². The highest BCUT2D eigenvalue weighted by Gasteiger charge is 2.24. The number of rotatable bonds is 5. The van der Waals surface area contributed by atoms with Crippen LogP contribution in [0.1, 0.15) is 45.9 Å². The average molecular weight is 328 g/mol. The minimum absolute atomic E-state index is 0.0296. The lowest BCUT2D eigenvalue weighted by Gasteiger charge is -2.27. The predicted molar refractivity (Wildman–Crippen MR) is 96.1 cm³/mol. The molecule has 1 unspecified atom stereocenters. The van der Waals surface area contributed by atoms with Crippen molar-refractivity contribution in [3.8, 4) is 0 Å². The fraction of sp³-hybridized carbons (Fsp3) is 0.421. The van der Waals surface area contributed by atoms with Gasteiger partial charge in [0.25, 0.3) is 5.91 Å². The maximum Gasteiger partial charge on any atom is 0.251 e. The molecular weight excluding hydrogens is 304 g/mol. The van der Waals surface area contributed by atoms with Crippen LogP contribution in [0, 0.1) is 13.8 Å². The Kier molecular flexibility index (Phi) is 5.13. The van der Waals surface area contributed by atoms with Crippen molar-refractivity contribution >= 4 is 17.2 Å². The van der Waals surface area contributed by atoms with E-state index in [-0.39, 0.29) is 5.91 Å². The van der Waals surface area contributed by atoms with Gasteiger partial charge in [0.2, 0.25) is 0 Å². The van der Waals surface area contributed by atoms with E-state index in [1.165, 1.54) is 24.0 Å². The van der Waals surface area contributed by atoms with Crippen LogP contribution in [0.15, 0.2) is 35.0 Å². The fourth-order valence-electron chi connectivity index (χ4n) is 3.33. The van der Waals surface area contributed by atoms with Gasteiger partial charge in [-0.3, -0.25) is 9.69 Å². The number of aryl methyl sites for hydroxylation is 2. The molecule has 1 fully saturated rings. The van der Waals surface area contributed by atoms with Gasteiger partial charge in [-0.25, -0.2) is 0 Å². The first-order valence-electron chi connectivity index (χ1n) is 8.27. The van der Waals surface area contributed by atoms with Crippen molar-refractivity contribution in [2.45, 2.75) is 32.7 Å². The number of hydrogen-bond donors (Lipinski definition) is 1. The molecular formula is C19H24N2OS. The maximum absolute atomic E-state index is 12.5. The summed E-state index contributed by atoms with van der Waals surface area (Å²) in [6.07, 6.45) is 2.51. The molecule has 0 saturated carbocycles. The summed E-state index contributed by atoms with van der Waals surface area (Å²) in [6, 6.07) is 8.45. The summed E-state index contributed by atoms with van der Waals surface area (Å²) in [5.41, 5.74) is 4.32. The van der Waals surface area contributed by atoms with Crippen molar-refractivity contribution in [3.05, 3.63) is 57.3 Å². The van der Waals surface area contributed by atoms with Crippen molar-refractivity contribution < 1.29 is 4.79 Å². The first kappa shape index (κ1) is 16.2. The molecule has 0 aliphatic carbocycles. The third kappa shape index (κ3) is 3.82. The van der Waals surface area contributed by atoms with Crippen LogP contribution in [-0.2, 0) is 0 Å². The highest BCUT2D eigenvalue weighted by molar-refractivity contribution is 7.07. The van der Waals surface area contributed by atoms with Crippen LogP contribution in [0.3, 0.4) is 0 Å². The van der Waals surface area contributed by atoms with Gasteiger partial charge < -0.3 is 5.32 Å². The van der Waals surface area contributed by atoms with Crippen LogP contribution in [0.25, 0.3) is 0 Å². The molecule has 1 aromatic carbocycles. The topological polar surface area (TPSA) is 32.3 Å². The number of hydrogen-bond acceptors (Lipinski definition) is 3. The summed E-state index contributed by atoms with van der Waals surface area (Å²) < 4.78 is 0. The zero-order valence-electron chi connectivity index (χ0n) is 13.8. The van der Waals surface area contributed by atoms with E-state index in [4.69, 9.17) is 0 Å². The Balaban J connectivity index is 1.69. The van der Waals surface area contributed by atoms with Crippen LogP contribution in [0.5, 0.6) is 0 Å². The minimum Gasteiger partial charge on any atom is -0.350 e. The Morgan fingerprint density at radius 1 is 1.26 bits per heavy atom. The van der Waals surface area contributed by atoms with Gasteiger partial charge in [0.1, 0.15) is 0 Å². The van der Waals surface area contributed by atoms with Crippen molar-refractivity contribution in [1.29, 1.82) is 0 Å². The Bertz CT molecular complexity index is 660. The number of carbonyl (C=O) groups excluding carboxylic acids is 1. The standard InChI is InChI=1S/C19H24N2OS/c1-14-5-6-17(15(2)11-14)19(22)20-12-18(16-7-10-23-13-16)21-8-3-4-9-21/h5-7,10-11,13,18H,3-4,8-9,12H2,1-2H3,(H,20,22). The van der Waals surface area contributed by atoms with Crippen molar-refractivity contribution in [2.75, 3.05) is 19.6 Å². The van der Waals surface area contributed by atoms with E-state index in [9.17, 15) is 4.79 Å². The Morgan fingerprint density at radius 3 is 2.70 bits per heavy atom. The summed E-state index contributed by atoms with van der Waals surface area (Å²) in [6.45, 7) is 6.97. The van der Waals surface area contributed by atoms with Crippen LogP contribution >= 0.6 is 11.3 Å². The SMILES string of the molecule is Cc1ccc(C(=O)NCC(c2ccsc2)N2CCCC2)c(C)c1. The van der Waals surface area contributed by atoms with Crippen LogP contribution in [-0.4, -0.2) is 30.4 Å². The van der Waals surface area contributed by atoms with Gasteiger partial charge in [0, 0.05) is 12.1 Å². The Morgan fingerprint density at radius 2 is 2.04 bits per heavy atom. The lowest BCUT2D eigenvalue weighted by atomic mass is 10.0. The number of benzene rings is 1. The number of nitrogens with one attached hydrogen (secondary N) is 1. The predicted octanol–water partition coefficient (Wildman–Crippen LogP) is 3.93. The molecule has 1 atom stereocenters. The zero-order chi connectivity index (χ0) is 16.2. The molecule has 1 N–H and O–H groups in total. The summed E-state index contributed by atoms with van der Waals surface area (Å²) in [5, 5.41) is 7.46. The molecule has 1 saturated heterocycles. The van der Waals surface area contributed by atoms with Crippen LogP contribution in [0.4, 0.5) is 0 Å². The lowest BCUT2D eigenvalue weighted by Crippen LogP contribution is -2.36. The molecule has 0 spiro atoms. The molecule has 3 rings (SSSR count). The average Bonchev–Trinajstić information content (AvgIpc) is 3.21. The smallest absolute Gasteiger partial charge is 0.251 e. The molecule has 2 heterocycles. The number of amides is 1. The lowest BCUT2D eigenvalue weighted by molar-refractivity contribution is 0.0937. The highest BCUT2D eigenvalue weighted by Crippen LogP contribution is 2.26. The van der Waals surface area contributed by atoms with Crippen LogP contribution in [0.2, 0.25) is 0 Å². The quantitative estimate of drug-likeness (QED) is 0.902.